The van der Waals surface area contributed by atoms with Crippen LogP contribution in [0.25, 0.3) is 10.8 Å². The average Bonchev–Trinajstić information content (AvgIpc) is 3.07. The van der Waals surface area contributed by atoms with E-state index in [0.717, 1.165) is 23.0 Å². The van der Waals surface area contributed by atoms with Crippen LogP contribution in [-0.2, 0) is 17.8 Å². The Balaban J connectivity index is 1.41. The van der Waals surface area contributed by atoms with Crippen LogP contribution < -0.4 is 4.74 Å². The van der Waals surface area contributed by atoms with Gasteiger partial charge in [0.15, 0.2) is 6.61 Å². The number of nitrogens with zero attached hydrogens (tertiary/aromatic N) is 1. The second kappa shape index (κ2) is 5.80. The summed E-state index contributed by atoms with van der Waals surface area (Å²) < 4.78 is 11.1. The largest absolute Gasteiger partial charge is 0.484 e. The predicted octanol–water partition coefficient (Wildman–Crippen LogP) is 3.40. The summed E-state index contributed by atoms with van der Waals surface area (Å²) >= 11 is 0. The van der Waals surface area contributed by atoms with Gasteiger partial charge in [-0.15, -0.1) is 0 Å². The Labute approximate surface area is 134 Å². The highest BCUT2D eigenvalue weighted by atomic mass is 16.5. The molecular formula is C19H17NO3. The van der Waals surface area contributed by atoms with Crippen molar-refractivity contribution in [1.29, 1.82) is 0 Å². The molecule has 2 aromatic carbocycles. The molecule has 0 aliphatic carbocycles. The molecule has 0 fully saturated rings. The van der Waals surface area contributed by atoms with E-state index < -0.39 is 0 Å². The first-order valence-electron chi connectivity index (χ1n) is 7.74. The van der Waals surface area contributed by atoms with Gasteiger partial charge in [-0.3, -0.25) is 4.79 Å². The topological polar surface area (TPSA) is 42.7 Å². The molecule has 4 nitrogen and oxygen atoms in total. The van der Waals surface area contributed by atoms with E-state index >= 15 is 0 Å². The van der Waals surface area contributed by atoms with Crippen LogP contribution >= 0.6 is 0 Å². The Morgan fingerprint density at radius 3 is 2.91 bits per heavy atom. The maximum Gasteiger partial charge on any atom is 0.260 e. The highest BCUT2D eigenvalue weighted by Gasteiger charge is 2.22. The van der Waals surface area contributed by atoms with Gasteiger partial charge in [-0.05, 0) is 41.0 Å². The Morgan fingerprint density at radius 1 is 1.13 bits per heavy atom. The quantitative estimate of drug-likeness (QED) is 0.745. The number of furan rings is 1. The van der Waals surface area contributed by atoms with Gasteiger partial charge in [0, 0.05) is 6.54 Å². The SMILES string of the molecule is O=C(COc1ccc2ccccc2c1)N1CCc2ccoc2C1. The van der Waals surface area contributed by atoms with Crippen molar-refractivity contribution >= 4 is 16.7 Å². The van der Waals surface area contributed by atoms with E-state index in [-0.39, 0.29) is 12.5 Å². The van der Waals surface area contributed by atoms with E-state index in [0.29, 0.717) is 18.8 Å². The highest BCUT2D eigenvalue weighted by molar-refractivity contribution is 5.84. The summed E-state index contributed by atoms with van der Waals surface area (Å²) in [6, 6.07) is 15.9. The molecule has 0 radical (unpaired) electrons. The van der Waals surface area contributed by atoms with Crippen LogP contribution in [0.4, 0.5) is 0 Å². The fourth-order valence-corrected chi connectivity index (χ4v) is 2.94. The third-order valence-electron chi connectivity index (χ3n) is 4.26. The van der Waals surface area contributed by atoms with Crippen LogP contribution in [0.2, 0.25) is 0 Å². The van der Waals surface area contributed by atoms with Crippen molar-refractivity contribution in [3.8, 4) is 5.75 Å². The van der Waals surface area contributed by atoms with Crippen LogP contribution in [0, 0.1) is 0 Å². The number of carbonyl (C=O) groups is 1. The Morgan fingerprint density at radius 2 is 2.00 bits per heavy atom. The van der Waals surface area contributed by atoms with E-state index in [1.807, 2.05) is 42.5 Å². The normalized spacial score (nSPS) is 13.8. The minimum Gasteiger partial charge on any atom is -0.484 e. The van der Waals surface area contributed by atoms with Crippen molar-refractivity contribution in [2.45, 2.75) is 13.0 Å². The lowest BCUT2D eigenvalue weighted by molar-refractivity contribution is -0.134. The highest BCUT2D eigenvalue weighted by Crippen LogP contribution is 2.22. The summed E-state index contributed by atoms with van der Waals surface area (Å²) in [4.78, 5) is 14.1. The molecule has 0 bridgehead atoms. The number of rotatable bonds is 3. The smallest absolute Gasteiger partial charge is 0.260 e. The van der Waals surface area contributed by atoms with Gasteiger partial charge in [0.25, 0.3) is 5.91 Å². The first kappa shape index (κ1) is 13.9. The average molecular weight is 307 g/mol. The molecule has 0 N–H and O–H groups in total. The molecule has 3 aromatic rings. The first-order valence-corrected chi connectivity index (χ1v) is 7.74. The van der Waals surface area contributed by atoms with Crippen LogP contribution in [0.15, 0.2) is 59.2 Å². The molecule has 0 saturated heterocycles. The summed E-state index contributed by atoms with van der Waals surface area (Å²) in [5.41, 5.74) is 1.20. The lowest BCUT2D eigenvalue weighted by Crippen LogP contribution is -2.38. The van der Waals surface area contributed by atoms with E-state index in [1.54, 1.807) is 11.2 Å². The number of amides is 1. The summed E-state index contributed by atoms with van der Waals surface area (Å²) in [5.74, 6) is 1.59. The van der Waals surface area contributed by atoms with Crippen molar-refractivity contribution in [3.05, 3.63) is 66.1 Å². The van der Waals surface area contributed by atoms with Gasteiger partial charge in [-0.2, -0.15) is 0 Å². The van der Waals surface area contributed by atoms with E-state index in [2.05, 4.69) is 6.07 Å². The molecule has 0 spiro atoms. The van der Waals surface area contributed by atoms with Crippen molar-refractivity contribution in [2.75, 3.05) is 13.2 Å². The molecule has 4 heteroatoms. The molecule has 1 aliphatic heterocycles. The zero-order valence-electron chi connectivity index (χ0n) is 12.7. The maximum absolute atomic E-state index is 12.3. The van der Waals surface area contributed by atoms with Crippen molar-refractivity contribution < 1.29 is 13.9 Å². The lowest BCUT2D eigenvalue weighted by atomic mass is 10.1. The van der Waals surface area contributed by atoms with Gasteiger partial charge < -0.3 is 14.1 Å². The van der Waals surface area contributed by atoms with E-state index in [9.17, 15) is 4.79 Å². The Bertz CT molecular complexity index is 852. The molecule has 0 atom stereocenters. The summed E-state index contributed by atoms with van der Waals surface area (Å²) in [6.07, 6.45) is 2.53. The van der Waals surface area contributed by atoms with Crippen LogP contribution in [0.5, 0.6) is 5.75 Å². The molecule has 0 unspecified atom stereocenters. The molecule has 1 amide bonds. The van der Waals surface area contributed by atoms with Gasteiger partial charge in [0.2, 0.25) is 0 Å². The molecule has 4 rings (SSSR count). The van der Waals surface area contributed by atoms with Crippen LogP contribution in [-0.4, -0.2) is 24.0 Å². The van der Waals surface area contributed by atoms with Gasteiger partial charge in [-0.25, -0.2) is 0 Å². The fourth-order valence-electron chi connectivity index (χ4n) is 2.94. The molecule has 1 aromatic heterocycles. The van der Waals surface area contributed by atoms with Crippen molar-refractivity contribution in [1.82, 2.24) is 4.90 Å². The van der Waals surface area contributed by atoms with Gasteiger partial charge in [0.05, 0.1) is 12.8 Å². The maximum atomic E-state index is 12.3. The number of fused-ring (bicyclic) bond motifs is 2. The number of hydrogen-bond donors (Lipinski definition) is 0. The summed E-state index contributed by atoms with van der Waals surface area (Å²) in [5, 5.41) is 2.27. The second-order valence-electron chi connectivity index (χ2n) is 5.73. The zero-order chi connectivity index (χ0) is 15.6. The van der Waals surface area contributed by atoms with E-state index in [4.69, 9.17) is 9.15 Å². The first-order chi connectivity index (χ1) is 11.3. The molecule has 1 aliphatic rings. The Kier molecular flexibility index (Phi) is 3.50. The summed E-state index contributed by atoms with van der Waals surface area (Å²) in [6.45, 7) is 1.29. The van der Waals surface area contributed by atoms with Crippen molar-refractivity contribution in [2.24, 2.45) is 0 Å². The fraction of sp³-hybridized carbons (Fsp3) is 0.211. The molecule has 0 saturated carbocycles. The second-order valence-corrected chi connectivity index (χ2v) is 5.73. The minimum atomic E-state index is -0.0137. The molecule has 116 valence electrons. The van der Waals surface area contributed by atoms with Gasteiger partial charge >= 0.3 is 0 Å². The standard InChI is InChI=1S/C19H17NO3/c21-19(20-9-7-15-8-10-22-18(15)12-20)13-23-17-6-5-14-3-1-2-4-16(14)11-17/h1-6,8,10-11H,7,9,12-13H2. The summed E-state index contributed by atoms with van der Waals surface area (Å²) in [7, 11) is 0. The number of hydrogen-bond acceptors (Lipinski definition) is 3. The number of ether oxygens (including phenoxy) is 1. The molecular weight excluding hydrogens is 290 g/mol. The lowest BCUT2D eigenvalue weighted by Gasteiger charge is -2.26. The minimum absolute atomic E-state index is 0.0137. The van der Waals surface area contributed by atoms with E-state index in [1.165, 1.54) is 5.56 Å². The molecule has 2 heterocycles. The predicted molar refractivity (Wildman–Crippen MR) is 87.3 cm³/mol. The number of benzene rings is 2. The zero-order valence-corrected chi connectivity index (χ0v) is 12.7. The van der Waals surface area contributed by atoms with Gasteiger partial charge in [-0.1, -0.05) is 30.3 Å². The monoisotopic (exact) mass is 307 g/mol. The van der Waals surface area contributed by atoms with Crippen molar-refractivity contribution in [3.63, 3.8) is 0 Å². The van der Waals surface area contributed by atoms with Crippen LogP contribution in [0.1, 0.15) is 11.3 Å². The van der Waals surface area contributed by atoms with Gasteiger partial charge in [0.1, 0.15) is 11.5 Å². The molecule has 23 heavy (non-hydrogen) atoms. The Hall–Kier alpha value is -2.75. The number of carbonyl (C=O) groups excluding carboxylic acids is 1. The van der Waals surface area contributed by atoms with Crippen LogP contribution in [0.3, 0.4) is 0 Å². The third kappa shape index (κ3) is 2.80. The third-order valence-corrected chi connectivity index (χ3v) is 4.26.